The summed E-state index contributed by atoms with van der Waals surface area (Å²) in [4.78, 5) is 11.6. The Bertz CT molecular complexity index is 488. The maximum Gasteiger partial charge on any atom is 0.422 e. The van der Waals surface area contributed by atoms with E-state index in [1.165, 1.54) is 5.01 Å². The summed E-state index contributed by atoms with van der Waals surface area (Å²) in [5.74, 6) is 0. The first-order valence-corrected chi connectivity index (χ1v) is 7.92. The van der Waals surface area contributed by atoms with Gasteiger partial charge in [-0.1, -0.05) is 37.3 Å². The molecule has 1 aromatic rings. The molecule has 6 heteroatoms. The van der Waals surface area contributed by atoms with Crippen molar-refractivity contribution in [2.75, 3.05) is 13.1 Å². The van der Waals surface area contributed by atoms with Crippen molar-refractivity contribution in [3.8, 4) is 0 Å². The Labute approximate surface area is 138 Å². The summed E-state index contributed by atoms with van der Waals surface area (Å²) in [6, 6.07) is 9.25. The fraction of sp³-hybridized carbons (Fsp3) is 0.588. The number of carboxylic acid groups (broad SMARTS) is 1. The number of hydrazine groups is 1. The van der Waals surface area contributed by atoms with Crippen LogP contribution in [0.1, 0.15) is 33.3 Å². The molecule has 0 saturated carbocycles. The van der Waals surface area contributed by atoms with E-state index in [9.17, 15) is 15.0 Å². The molecule has 0 unspecified atom stereocenters. The zero-order valence-corrected chi connectivity index (χ0v) is 14.4. The topological polar surface area (TPSA) is 90.0 Å². The largest absolute Gasteiger partial charge is 0.464 e. The van der Waals surface area contributed by atoms with Crippen molar-refractivity contribution in [2.45, 2.75) is 51.8 Å². The minimum absolute atomic E-state index is 0.175. The van der Waals surface area contributed by atoms with Crippen molar-refractivity contribution in [3.63, 3.8) is 0 Å². The number of nitrogens with two attached hydrogens (primary N) is 1. The highest BCUT2D eigenvalue weighted by atomic mass is 16.4. The molecule has 1 rings (SSSR count). The molecule has 1 aromatic carbocycles. The van der Waals surface area contributed by atoms with Crippen molar-refractivity contribution < 1.29 is 15.0 Å². The van der Waals surface area contributed by atoms with Crippen LogP contribution in [0.2, 0.25) is 0 Å². The molecular weight excluding hydrogens is 294 g/mol. The second kappa shape index (κ2) is 8.29. The zero-order valence-electron chi connectivity index (χ0n) is 14.4. The molecule has 1 amide bonds. The van der Waals surface area contributed by atoms with E-state index in [4.69, 9.17) is 5.73 Å². The van der Waals surface area contributed by atoms with Crippen LogP contribution in [0.5, 0.6) is 0 Å². The van der Waals surface area contributed by atoms with Gasteiger partial charge in [0.25, 0.3) is 0 Å². The molecule has 23 heavy (non-hydrogen) atoms. The van der Waals surface area contributed by atoms with E-state index in [1.807, 2.05) is 58.0 Å². The average Bonchev–Trinajstić information content (AvgIpc) is 2.45. The Morgan fingerprint density at radius 2 is 1.83 bits per heavy atom. The standard InChI is InChI=1S/C17H29N3O3/c1-5-19(20(16(22)23)17(2,3)4)12-15(21)14(18)11-13-9-7-6-8-10-13/h6-10,14-15,21H,5,11-12,18H2,1-4H3,(H,22,23)/t14-,15-/m0/s1. The molecule has 0 fully saturated rings. The third-order valence-electron chi connectivity index (χ3n) is 3.67. The maximum absolute atomic E-state index is 11.6. The number of rotatable bonds is 7. The van der Waals surface area contributed by atoms with Crippen molar-refractivity contribution in [2.24, 2.45) is 5.73 Å². The minimum atomic E-state index is -1.04. The summed E-state index contributed by atoms with van der Waals surface area (Å²) in [6.45, 7) is 7.96. The first kappa shape index (κ1) is 19.4. The minimum Gasteiger partial charge on any atom is -0.464 e. The van der Waals surface area contributed by atoms with Gasteiger partial charge in [0, 0.05) is 19.1 Å². The van der Waals surface area contributed by atoms with Gasteiger partial charge in [0.15, 0.2) is 0 Å². The second-order valence-corrected chi connectivity index (χ2v) is 6.69. The Kier molecular flexibility index (Phi) is 7.00. The van der Waals surface area contributed by atoms with E-state index in [1.54, 1.807) is 5.01 Å². The number of nitrogens with zero attached hydrogens (tertiary/aromatic N) is 2. The van der Waals surface area contributed by atoms with E-state index < -0.39 is 23.8 Å². The van der Waals surface area contributed by atoms with Gasteiger partial charge >= 0.3 is 6.09 Å². The van der Waals surface area contributed by atoms with E-state index in [0.717, 1.165) is 5.56 Å². The molecule has 0 aromatic heterocycles. The molecule has 0 radical (unpaired) electrons. The summed E-state index contributed by atoms with van der Waals surface area (Å²) in [6.07, 6.45) is -1.31. The van der Waals surface area contributed by atoms with Crippen molar-refractivity contribution in [1.29, 1.82) is 0 Å². The number of likely N-dealkylation sites (N-methyl/N-ethyl adjacent to an activating group) is 1. The monoisotopic (exact) mass is 323 g/mol. The molecule has 0 saturated heterocycles. The third-order valence-corrected chi connectivity index (χ3v) is 3.67. The predicted molar refractivity (Wildman–Crippen MR) is 91.0 cm³/mol. The Morgan fingerprint density at radius 3 is 2.26 bits per heavy atom. The maximum atomic E-state index is 11.6. The lowest BCUT2D eigenvalue weighted by Gasteiger charge is -2.42. The normalized spacial score (nSPS) is 14.6. The van der Waals surface area contributed by atoms with Crippen LogP contribution in [-0.4, -0.2) is 57.1 Å². The van der Waals surface area contributed by atoms with E-state index in [2.05, 4.69) is 0 Å². The first-order valence-electron chi connectivity index (χ1n) is 7.92. The second-order valence-electron chi connectivity index (χ2n) is 6.69. The van der Waals surface area contributed by atoms with Gasteiger partial charge in [0.2, 0.25) is 0 Å². The van der Waals surface area contributed by atoms with Crippen LogP contribution in [-0.2, 0) is 6.42 Å². The van der Waals surface area contributed by atoms with Crippen LogP contribution in [0.4, 0.5) is 4.79 Å². The van der Waals surface area contributed by atoms with Gasteiger partial charge in [0.1, 0.15) is 0 Å². The van der Waals surface area contributed by atoms with E-state index in [0.29, 0.717) is 13.0 Å². The number of hydrogen-bond acceptors (Lipinski definition) is 4. The van der Waals surface area contributed by atoms with Gasteiger partial charge in [-0.3, -0.25) is 0 Å². The van der Waals surface area contributed by atoms with Gasteiger partial charge in [-0.25, -0.2) is 14.8 Å². The van der Waals surface area contributed by atoms with E-state index in [-0.39, 0.29) is 6.54 Å². The molecule has 0 spiro atoms. The molecule has 2 atom stereocenters. The fourth-order valence-corrected chi connectivity index (χ4v) is 2.56. The highest BCUT2D eigenvalue weighted by Gasteiger charge is 2.33. The van der Waals surface area contributed by atoms with Crippen molar-refractivity contribution in [3.05, 3.63) is 35.9 Å². The molecule has 130 valence electrons. The Balaban J connectivity index is 2.75. The number of carbonyl (C=O) groups is 1. The van der Waals surface area contributed by atoms with Crippen LogP contribution in [0.25, 0.3) is 0 Å². The van der Waals surface area contributed by atoms with Crippen LogP contribution >= 0.6 is 0 Å². The van der Waals surface area contributed by atoms with Gasteiger partial charge < -0.3 is 15.9 Å². The summed E-state index contributed by atoms with van der Waals surface area (Å²) in [7, 11) is 0. The lowest BCUT2D eigenvalue weighted by Crippen LogP contribution is -2.58. The van der Waals surface area contributed by atoms with Gasteiger partial charge in [-0.2, -0.15) is 0 Å². The summed E-state index contributed by atoms with van der Waals surface area (Å²) >= 11 is 0. The summed E-state index contributed by atoms with van der Waals surface area (Å²) < 4.78 is 0. The van der Waals surface area contributed by atoms with Gasteiger partial charge in [0.05, 0.1) is 11.6 Å². The molecule has 6 nitrogen and oxygen atoms in total. The number of aliphatic hydroxyl groups is 1. The van der Waals surface area contributed by atoms with Gasteiger partial charge in [-0.15, -0.1) is 0 Å². The molecule has 0 aliphatic heterocycles. The number of aliphatic hydroxyl groups excluding tert-OH is 1. The molecular formula is C17H29N3O3. The van der Waals surface area contributed by atoms with Crippen molar-refractivity contribution in [1.82, 2.24) is 10.0 Å². The highest BCUT2D eigenvalue weighted by molar-refractivity contribution is 5.65. The van der Waals surface area contributed by atoms with Crippen LogP contribution in [0.3, 0.4) is 0 Å². The summed E-state index contributed by atoms with van der Waals surface area (Å²) in [5, 5.41) is 22.7. The Hall–Kier alpha value is -1.63. The van der Waals surface area contributed by atoms with Crippen LogP contribution < -0.4 is 5.73 Å². The molecule has 0 heterocycles. The predicted octanol–water partition coefficient (Wildman–Crippen LogP) is 1.93. The molecule has 4 N–H and O–H groups in total. The third kappa shape index (κ3) is 5.82. The Morgan fingerprint density at radius 1 is 1.26 bits per heavy atom. The fourth-order valence-electron chi connectivity index (χ4n) is 2.56. The van der Waals surface area contributed by atoms with Crippen LogP contribution in [0, 0.1) is 0 Å². The van der Waals surface area contributed by atoms with Gasteiger partial charge in [-0.05, 0) is 32.8 Å². The lowest BCUT2D eigenvalue weighted by atomic mass is 10.0. The van der Waals surface area contributed by atoms with Crippen LogP contribution in [0.15, 0.2) is 30.3 Å². The summed E-state index contributed by atoms with van der Waals surface area (Å²) in [5.41, 5.74) is 6.55. The first-order chi connectivity index (χ1) is 10.7. The zero-order chi connectivity index (χ0) is 17.6. The van der Waals surface area contributed by atoms with Crippen molar-refractivity contribution >= 4 is 6.09 Å². The quantitative estimate of drug-likeness (QED) is 0.667. The molecule has 0 bridgehead atoms. The SMILES string of the molecule is CCN(C[C@H](O)[C@@H](N)Cc1ccccc1)N(C(=O)O)C(C)(C)C. The number of hydrogen-bond donors (Lipinski definition) is 3. The number of benzene rings is 1. The average molecular weight is 323 g/mol. The molecule has 0 aliphatic rings. The van der Waals surface area contributed by atoms with E-state index >= 15 is 0 Å². The highest BCUT2D eigenvalue weighted by Crippen LogP contribution is 2.17. The molecule has 0 aliphatic carbocycles. The smallest absolute Gasteiger partial charge is 0.422 e. The lowest BCUT2D eigenvalue weighted by molar-refractivity contribution is -0.0840. The number of amides is 1.